The van der Waals surface area contributed by atoms with Gasteiger partial charge in [-0.2, -0.15) is 0 Å². The Bertz CT molecular complexity index is 1130. The van der Waals surface area contributed by atoms with E-state index in [1.807, 2.05) is 30.2 Å². The Morgan fingerprint density at radius 1 is 1.19 bits per heavy atom. The van der Waals surface area contributed by atoms with Gasteiger partial charge in [-0.1, -0.05) is 18.2 Å². The lowest BCUT2D eigenvalue weighted by atomic mass is 10.0. The number of aromatic nitrogens is 2. The fraction of sp³-hybridized carbons (Fsp3) is 0.250. The minimum absolute atomic E-state index is 0.0250. The first kappa shape index (κ1) is 20.5. The Balaban J connectivity index is 1.41. The van der Waals surface area contributed by atoms with E-state index in [4.69, 9.17) is 0 Å². The molecule has 2 aromatic carbocycles. The molecule has 3 aromatic rings. The number of nitrogens with one attached hydrogen (secondary N) is 2. The van der Waals surface area contributed by atoms with Crippen molar-refractivity contribution in [3.63, 3.8) is 0 Å². The van der Waals surface area contributed by atoms with Crippen LogP contribution >= 0.6 is 0 Å². The van der Waals surface area contributed by atoms with Crippen LogP contribution in [0.3, 0.4) is 0 Å². The van der Waals surface area contributed by atoms with Gasteiger partial charge >= 0.3 is 0 Å². The first-order valence-electron chi connectivity index (χ1n) is 10.3. The summed E-state index contributed by atoms with van der Waals surface area (Å²) in [5.74, 6) is 0.274. The fourth-order valence-electron chi connectivity index (χ4n) is 3.76. The van der Waals surface area contributed by atoms with Crippen LogP contribution in [0.25, 0.3) is 10.9 Å². The van der Waals surface area contributed by atoms with Crippen molar-refractivity contribution in [3.8, 4) is 0 Å². The van der Waals surface area contributed by atoms with Gasteiger partial charge in [-0.05, 0) is 62.2 Å². The number of nitrogens with zero attached hydrogens (tertiary/aromatic N) is 3. The highest BCUT2D eigenvalue weighted by atomic mass is 16.2. The largest absolute Gasteiger partial charge is 0.350 e. The molecule has 0 bridgehead atoms. The number of piperidine rings is 1. The molecule has 1 fully saturated rings. The molecule has 0 spiro atoms. The molecular weight excluding hydrogens is 390 g/mol. The van der Waals surface area contributed by atoms with Crippen molar-refractivity contribution in [2.75, 3.05) is 23.7 Å². The molecule has 2 N–H and O–H groups in total. The summed E-state index contributed by atoms with van der Waals surface area (Å²) >= 11 is 0. The second-order valence-corrected chi connectivity index (χ2v) is 7.76. The van der Waals surface area contributed by atoms with Crippen molar-refractivity contribution >= 4 is 34.4 Å². The molecule has 1 unspecified atom stereocenters. The van der Waals surface area contributed by atoms with Gasteiger partial charge in [0.25, 0.3) is 5.91 Å². The number of amides is 2. The minimum Gasteiger partial charge on any atom is -0.350 e. The number of carbonyl (C=O) groups excluding carboxylic acids is 2. The molecule has 2 heterocycles. The standard InChI is InChI=1S/C24H25N5O2/c1-3-22(30)26-19-9-7-17(8-10-19)23(31)29-12-4-5-20(15-29)27-24-25-14-18-13-16(2)6-11-21(18)28-24/h3,6-11,13-14,20H,1,4-5,12,15H2,2H3,(H,26,30)(H,25,27,28). The van der Waals surface area contributed by atoms with Crippen molar-refractivity contribution in [2.45, 2.75) is 25.8 Å². The molecule has 0 saturated carbocycles. The van der Waals surface area contributed by atoms with Gasteiger partial charge in [-0.25, -0.2) is 9.97 Å². The molecule has 1 atom stereocenters. The number of rotatable bonds is 5. The van der Waals surface area contributed by atoms with Gasteiger partial charge in [0.05, 0.1) is 5.52 Å². The van der Waals surface area contributed by atoms with Crippen LogP contribution in [0.15, 0.2) is 61.3 Å². The predicted molar refractivity (Wildman–Crippen MR) is 122 cm³/mol. The summed E-state index contributed by atoms with van der Waals surface area (Å²) in [5, 5.41) is 7.08. The van der Waals surface area contributed by atoms with E-state index >= 15 is 0 Å². The summed E-state index contributed by atoms with van der Waals surface area (Å²) in [7, 11) is 0. The van der Waals surface area contributed by atoms with Gasteiger partial charge in [-0.3, -0.25) is 9.59 Å². The molecule has 1 aliphatic rings. The quantitative estimate of drug-likeness (QED) is 0.619. The number of aryl methyl sites for hydroxylation is 1. The molecule has 1 aliphatic heterocycles. The first-order chi connectivity index (χ1) is 15.0. The smallest absolute Gasteiger partial charge is 0.253 e. The maximum atomic E-state index is 13.0. The third kappa shape index (κ3) is 4.88. The Morgan fingerprint density at radius 2 is 2.00 bits per heavy atom. The zero-order valence-corrected chi connectivity index (χ0v) is 17.5. The zero-order chi connectivity index (χ0) is 21.8. The highest BCUT2D eigenvalue weighted by Gasteiger charge is 2.25. The number of carbonyl (C=O) groups is 2. The van der Waals surface area contributed by atoms with Crippen LogP contribution in [0.2, 0.25) is 0 Å². The van der Waals surface area contributed by atoms with Crippen molar-refractivity contribution in [1.82, 2.24) is 14.9 Å². The molecule has 31 heavy (non-hydrogen) atoms. The van der Waals surface area contributed by atoms with E-state index < -0.39 is 0 Å². The van der Waals surface area contributed by atoms with Crippen LogP contribution in [-0.2, 0) is 4.79 Å². The SMILES string of the molecule is C=CC(=O)Nc1ccc(C(=O)N2CCCC(Nc3ncc4cc(C)ccc4n3)C2)cc1. The second kappa shape index (κ2) is 8.95. The van der Waals surface area contributed by atoms with Crippen LogP contribution in [0.1, 0.15) is 28.8 Å². The van der Waals surface area contributed by atoms with Gasteiger partial charge in [0.2, 0.25) is 11.9 Å². The fourth-order valence-corrected chi connectivity index (χ4v) is 3.76. The van der Waals surface area contributed by atoms with E-state index in [2.05, 4.69) is 33.2 Å². The summed E-state index contributed by atoms with van der Waals surface area (Å²) in [6, 6.07) is 13.1. The van der Waals surface area contributed by atoms with Crippen molar-refractivity contribution in [2.24, 2.45) is 0 Å². The van der Waals surface area contributed by atoms with E-state index in [-0.39, 0.29) is 17.9 Å². The van der Waals surface area contributed by atoms with Crippen LogP contribution in [0.5, 0.6) is 0 Å². The van der Waals surface area contributed by atoms with E-state index in [0.717, 1.165) is 23.7 Å². The molecule has 7 nitrogen and oxygen atoms in total. The summed E-state index contributed by atoms with van der Waals surface area (Å²) in [6.45, 7) is 6.78. The van der Waals surface area contributed by atoms with Gasteiger partial charge < -0.3 is 15.5 Å². The van der Waals surface area contributed by atoms with Crippen molar-refractivity contribution in [1.29, 1.82) is 0 Å². The first-order valence-corrected chi connectivity index (χ1v) is 10.3. The van der Waals surface area contributed by atoms with Gasteiger partial charge in [-0.15, -0.1) is 0 Å². The van der Waals surface area contributed by atoms with Crippen LogP contribution < -0.4 is 10.6 Å². The molecule has 1 saturated heterocycles. The third-order valence-corrected chi connectivity index (χ3v) is 5.36. The Hall–Kier alpha value is -3.74. The lowest BCUT2D eigenvalue weighted by Crippen LogP contribution is -2.45. The third-order valence-electron chi connectivity index (χ3n) is 5.36. The summed E-state index contributed by atoms with van der Waals surface area (Å²) < 4.78 is 0. The van der Waals surface area contributed by atoms with Crippen LogP contribution in [-0.4, -0.2) is 45.8 Å². The average Bonchev–Trinajstić information content (AvgIpc) is 2.79. The van der Waals surface area contributed by atoms with Crippen LogP contribution in [0.4, 0.5) is 11.6 Å². The van der Waals surface area contributed by atoms with E-state index in [9.17, 15) is 9.59 Å². The van der Waals surface area contributed by atoms with Gasteiger partial charge in [0.1, 0.15) is 0 Å². The number of anilines is 2. The average molecular weight is 415 g/mol. The van der Waals surface area contributed by atoms with Crippen LogP contribution in [0, 0.1) is 6.92 Å². The second-order valence-electron chi connectivity index (χ2n) is 7.76. The lowest BCUT2D eigenvalue weighted by molar-refractivity contribution is -0.111. The molecule has 0 radical (unpaired) electrons. The molecule has 1 aromatic heterocycles. The number of likely N-dealkylation sites (tertiary alicyclic amines) is 1. The molecule has 7 heteroatoms. The van der Waals surface area contributed by atoms with Gasteiger partial charge in [0.15, 0.2) is 0 Å². The molecule has 158 valence electrons. The normalized spacial score (nSPS) is 16.0. The van der Waals surface area contributed by atoms with Crippen molar-refractivity contribution < 1.29 is 9.59 Å². The summed E-state index contributed by atoms with van der Waals surface area (Å²) in [5.41, 5.74) is 3.29. The number of hydrogen-bond acceptors (Lipinski definition) is 5. The topological polar surface area (TPSA) is 87.2 Å². The monoisotopic (exact) mass is 415 g/mol. The highest BCUT2D eigenvalue weighted by molar-refractivity contribution is 5.99. The Morgan fingerprint density at radius 3 is 2.77 bits per heavy atom. The number of hydrogen-bond donors (Lipinski definition) is 2. The molecule has 0 aliphatic carbocycles. The number of benzene rings is 2. The molecular formula is C24H25N5O2. The Kier molecular flexibility index (Phi) is 5.93. The van der Waals surface area contributed by atoms with Gasteiger partial charge in [0, 0.05) is 42.0 Å². The van der Waals surface area contributed by atoms with Crippen molar-refractivity contribution in [3.05, 3.63) is 72.4 Å². The maximum Gasteiger partial charge on any atom is 0.253 e. The van der Waals surface area contributed by atoms with E-state index in [0.29, 0.717) is 30.3 Å². The maximum absolute atomic E-state index is 13.0. The highest BCUT2D eigenvalue weighted by Crippen LogP contribution is 2.19. The Labute approximate surface area is 181 Å². The minimum atomic E-state index is -0.282. The number of fused-ring (bicyclic) bond motifs is 1. The summed E-state index contributed by atoms with van der Waals surface area (Å²) in [4.78, 5) is 35.3. The lowest BCUT2D eigenvalue weighted by Gasteiger charge is -2.33. The zero-order valence-electron chi connectivity index (χ0n) is 17.5. The van der Waals surface area contributed by atoms with E-state index in [1.54, 1.807) is 24.3 Å². The summed E-state index contributed by atoms with van der Waals surface area (Å²) in [6.07, 6.45) is 4.89. The predicted octanol–water partition coefficient (Wildman–Crippen LogP) is 3.78. The molecule has 4 rings (SSSR count). The molecule has 2 amide bonds. The van der Waals surface area contributed by atoms with E-state index in [1.165, 1.54) is 11.6 Å².